The maximum absolute atomic E-state index is 11.6. The van der Waals surface area contributed by atoms with E-state index in [1.54, 1.807) is 0 Å². The first-order valence-corrected chi connectivity index (χ1v) is 17.8. The number of rotatable bonds is 4. The number of hydrogen-bond acceptors (Lipinski definition) is 3. The molecule has 8 heteroatoms. The summed E-state index contributed by atoms with van der Waals surface area (Å²) < 4.78 is 33.9. The van der Waals surface area contributed by atoms with E-state index in [1.165, 1.54) is 6.55 Å². The SMILES string of the molecule is C[Si](C)[Si](=O)[SiH](C)[Si](=O)[Si](C)=O. The molecule has 0 aromatic carbocycles. The van der Waals surface area contributed by atoms with Crippen LogP contribution < -0.4 is 0 Å². The maximum atomic E-state index is 11.6. The molecule has 0 amide bonds. The highest BCUT2D eigenvalue weighted by molar-refractivity contribution is 7.65. The van der Waals surface area contributed by atoms with Gasteiger partial charge >= 0.3 is 15.9 Å². The maximum Gasteiger partial charge on any atom is 0.318 e. The summed E-state index contributed by atoms with van der Waals surface area (Å²) in [7, 11) is -7.82. The first-order chi connectivity index (χ1) is 5.37. The molecule has 0 aliphatic carbocycles. The molecule has 0 aromatic heterocycles. The lowest BCUT2D eigenvalue weighted by molar-refractivity contribution is 0.555. The monoisotopic (exact) mass is 249 g/mol. The molecule has 0 rings (SSSR count). The zero-order valence-corrected chi connectivity index (χ0v) is 13.0. The van der Waals surface area contributed by atoms with Crippen molar-refractivity contribution in [2.24, 2.45) is 0 Å². The lowest BCUT2D eigenvalue weighted by Gasteiger charge is -2.03. The van der Waals surface area contributed by atoms with Crippen molar-refractivity contribution in [2.45, 2.75) is 26.2 Å². The van der Waals surface area contributed by atoms with Crippen LogP contribution in [-0.4, -0.2) is 39.8 Å². The van der Waals surface area contributed by atoms with Crippen LogP contribution >= 0.6 is 0 Å². The first kappa shape index (κ1) is 12.5. The predicted molar refractivity (Wildman–Crippen MR) is 55.7 cm³/mol. The average Bonchev–Trinajstić information content (AvgIpc) is 2.00. The molecule has 0 saturated heterocycles. The molecule has 0 heterocycles. The van der Waals surface area contributed by atoms with Crippen molar-refractivity contribution in [3.63, 3.8) is 0 Å². The molecule has 0 N–H and O–H groups in total. The van der Waals surface area contributed by atoms with E-state index in [1.807, 2.05) is 19.6 Å². The molecule has 1 unspecified atom stereocenters. The predicted octanol–water partition coefficient (Wildman–Crippen LogP) is -0.193. The molecular formula is C4H13O3Si5. The molecule has 12 heavy (non-hydrogen) atoms. The Morgan fingerprint density at radius 3 is 1.58 bits per heavy atom. The molecule has 0 aliphatic rings. The van der Waals surface area contributed by atoms with Gasteiger partial charge in [-0.1, -0.05) is 19.6 Å². The summed E-state index contributed by atoms with van der Waals surface area (Å²) in [5.74, 6) is 0. The topological polar surface area (TPSA) is 51.2 Å². The largest absolute Gasteiger partial charge is 0.397 e. The minimum Gasteiger partial charge on any atom is -0.397 e. The van der Waals surface area contributed by atoms with Gasteiger partial charge in [0.2, 0.25) is 7.72 Å². The van der Waals surface area contributed by atoms with Gasteiger partial charge in [-0.3, -0.25) is 0 Å². The van der Waals surface area contributed by atoms with E-state index >= 15 is 0 Å². The van der Waals surface area contributed by atoms with Crippen LogP contribution in [0.5, 0.6) is 0 Å². The Morgan fingerprint density at radius 2 is 1.33 bits per heavy atom. The van der Waals surface area contributed by atoms with E-state index in [0.29, 0.717) is 0 Å². The van der Waals surface area contributed by atoms with E-state index in [0.717, 1.165) is 0 Å². The highest BCUT2D eigenvalue weighted by Gasteiger charge is 2.33. The minimum atomic E-state index is -1.93. The van der Waals surface area contributed by atoms with Gasteiger partial charge in [-0.05, 0) is 6.55 Å². The van der Waals surface area contributed by atoms with Crippen molar-refractivity contribution >= 4 is 39.8 Å². The molecule has 0 spiro atoms. The number of hydrogen-bond donors (Lipinski definition) is 0. The fourth-order valence-electron chi connectivity index (χ4n) is 0.857. The summed E-state index contributed by atoms with van der Waals surface area (Å²) in [6.45, 7) is 7.35. The van der Waals surface area contributed by atoms with Crippen LogP contribution in [-0.2, 0) is 13.4 Å². The smallest absolute Gasteiger partial charge is 0.318 e. The van der Waals surface area contributed by atoms with Gasteiger partial charge in [-0.2, -0.15) is 0 Å². The molecular weight excluding hydrogens is 236 g/mol. The Morgan fingerprint density at radius 1 is 0.917 bits per heavy atom. The Kier molecular flexibility index (Phi) is 5.48. The van der Waals surface area contributed by atoms with Crippen LogP contribution in [0.3, 0.4) is 0 Å². The second-order valence-electron chi connectivity index (χ2n) is 3.01. The molecule has 67 valence electrons. The van der Waals surface area contributed by atoms with E-state index < -0.39 is 39.8 Å². The Labute approximate surface area is 79.6 Å². The third kappa shape index (κ3) is 3.47. The van der Waals surface area contributed by atoms with Crippen LogP contribution in [0.2, 0.25) is 26.2 Å². The second-order valence-corrected chi connectivity index (χ2v) is 30.6. The summed E-state index contributed by atoms with van der Waals surface area (Å²) in [6.07, 6.45) is 0. The van der Waals surface area contributed by atoms with Gasteiger partial charge in [-0.25, -0.2) is 0 Å². The summed E-state index contributed by atoms with van der Waals surface area (Å²) in [4.78, 5) is 0. The summed E-state index contributed by atoms with van der Waals surface area (Å²) in [6, 6.07) is 0. The van der Waals surface area contributed by atoms with Crippen LogP contribution in [0.15, 0.2) is 0 Å². The van der Waals surface area contributed by atoms with Gasteiger partial charge < -0.3 is 13.4 Å². The van der Waals surface area contributed by atoms with Crippen LogP contribution in [0.25, 0.3) is 0 Å². The first-order valence-electron chi connectivity index (χ1n) is 3.77. The zero-order valence-electron chi connectivity index (χ0n) is 7.80. The molecule has 0 aliphatic heterocycles. The quantitative estimate of drug-likeness (QED) is 0.649. The fraction of sp³-hybridized carbons (Fsp3) is 1.00. The van der Waals surface area contributed by atoms with E-state index in [-0.39, 0.29) is 0 Å². The summed E-state index contributed by atoms with van der Waals surface area (Å²) in [5, 5.41) is 0. The molecule has 1 radical (unpaired) electrons. The third-order valence-corrected chi connectivity index (χ3v) is 41.2. The van der Waals surface area contributed by atoms with Gasteiger partial charge in [0.25, 0.3) is 0 Å². The highest BCUT2D eigenvalue weighted by atomic mass is 29.9. The van der Waals surface area contributed by atoms with E-state index in [4.69, 9.17) is 0 Å². The minimum absolute atomic E-state index is 0.778. The van der Waals surface area contributed by atoms with Crippen molar-refractivity contribution in [1.82, 2.24) is 0 Å². The normalized spacial score (nSPS) is 12.8. The van der Waals surface area contributed by atoms with Crippen LogP contribution in [0.4, 0.5) is 0 Å². The van der Waals surface area contributed by atoms with E-state index in [9.17, 15) is 13.4 Å². The lowest BCUT2D eigenvalue weighted by Crippen LogP contribution is -2.47. The van der Waals surface area contributed by atoms with Crippen molar-refractivity contribution in [1.29, 1.82) is 0 Å². The Balaban J connectivity index is 4.40. The van der Waals surface area contributed by atoms with Crippen LogP contribution in [0.1, 0.15) is 0 Å². The van der Waals surface area contributed by atoms with E-state index in [2.05, 4.69) is 0 Å². The van der Waals surface area contributed by atoms with Crippen molar-refractivity contribution < 1.29 is 13.4 Å². The molecule has 0 bridgehead atoms. The van der Waals surface area contributed by atoms with Crippen molar-refractivity contribution in [3.05, 3.63) is 0 Å². The van der Waals surface area contributed by atoms with Crippen molar-refractivity contribution in [3.8, 4) is 0 Å². The van der Waals surface area contributed by atoms with Gasteiger partial charge in [0.05, 0.1) is 0 Å². The molecule has 0 fully saturated rings. The molecule has 3 nitrogen and oxygen atoms in total. The second kappa shape index (κ2) is 5.27. The van der Waals surface area contributed by atoms with Gasteiger partial charge in [0, 0.05) is 0 Å². The van der Waals surface area contributed by atoms with Crippen LogP contribution in [0, 0.1) is 0 Å². The average molecular weight is 250 g/mol. The summed E-state index contributed by atoms with van der Waals surface area (Å²) >= 11 is 0. The fourth-order valence-corrected chi connectivity index (χ4v) is 47.4. The van der Waals surface area contributed by atoms with Gasteiger partial charge in [-0.15, -0.1) is 0 Å². The Hall–Kier alpha value is 0.484. The standard InChI is InChI=1S/C4H13O3Si5/c1-8(2)11(6)10(4)12(7)9(3)5/h10H,1-4H3. The third-order valence-electron chi connectivity index (χ3n) is 1.63. The van der Waals surface area contributed by atoms with Gasteiger partial charge in [0.15, 0.2) is 7.83 Å². The zero-order chi connectivity index (χ0) is 9.89. The van der Waals surface area contributed by atoms with Gasteiger partial charge in [0.1, 0.15) is 8.31 Å². The highest BCUT2D eigenvalue weighted by Crippen LogP contribution is 1.90. The molecule has 0 saturated carbocycles. The summed E-state index contributed by atoms with van der Waals surface area (Å²) in [5.41, 5.74) is 0. The molecule has 0 aromatic rings. The Bertz CT molecular complexity index is 225. The lowest BCUT2D eigenvalue weighted by atomic mass is 11.9. The van der Waals surface area contributed by atoms with Crippen molar-refractivity contribution in [2.75, 3.05) is 0 Å². The molecule has 1 atom stereocenters.